The van der Waals surface area contributed by atoms with E-state index >= 15 is 0 Å². The van der Waals surface area contributed by atoms with E-state index in [2.05, 4.69) is 17.1 Å². The van der Waals surface area contributed by atoms with Crippen molar-refractivity contribution in [3.8, 4) is 0 Å². The summed E-state index contributed by atoms with van der Waals surface area (Å²) in [5, 5.41) is 3.83. The summed E-state index contributed by atoms with van der Waals surface area (Å²) in [7, 11) is 0. The lowest BCUT2D eigenvalue weighted by atomic mass is 9.81. The van der Waals surface area contributed by atoms with Crippen LogP contribution in [-0.4, -0.2) is 36.6 Å². The zero-order valence-corrected chi connectivity index (χ0v) is 13.4. The fourth-order valence-corrected chi connectivity index (χ4v) is 4.94. The van der Waals surface area contributed by atoms with Gasteiger partial charge in [-0.1, -0.05) is 38.5 Å². The minimum absolute atomic E-state index is 0.787. The monoisotopic (exact) mass is 278 g/mol. The second-order valence-corrected chi connectivity index (χ2v) is 7.59. The Morgan fingerprint density at radius 2 is 1.55 bits per heavy atom. The highest BCUT2D eigenvalue weighted by Gasteiger charge is 2.32. The van der Waals surface area contributed by atoms with Crippen molar-refractivity contribution in [2.24, 2.45) is 11.8 Å². The third kappa shape index (κ3) is 3.57. The number of nitrogens with one attached hydrogen (secondary N) is 1. The highest BCUT2D eigenvalue weighted by Crippen LogP contribution is 2.31. The van der Waals surface area contributed by atoms with Gasteiger partial charge in [0.15, 0.2) is 0 Å². The average Bonchev–Trinajstić information content (AvgIpc) is 2.56. The largest absolute Gasteiger partial charge is 0.311 e. The van der Waals surface area contributed by atoms with Crippen molar-refractivity contribution < 1.29 is 0 Å². The smallest absolute Gasteiger partial charge is 0.0223 e. The molecule has 1 aliphatic heterocycles. The molecule has 3 aliphatic rings. The fourth-order valence-electron chi connectivity index (χ4n) is 4.94. The van der Waals surface area contributed by atoms with Crippen LogP contribution in [0.15, 0.2) is 0 Å². The number of nitrogens with zero attached hydrogens (tertiary/aromatic N) is 1. The molecule has 0 spiro atoms. The summed E-state index contributed by atoms with van der Waals surface area (Å²) in [6, 6.07) is 1.61. The zero-order chi connectivity index (χ0) is 13.8. The molecule has 116 valence electrons. The molecule has 1 saturated heterocycles. The Kier molecular flexibility index (Phi) is 5.39. The van der Waals surface area contributed by atoms with Crippen molar-refractivity contribution in [1.82, 2.24) is 10.2 Å². The third-order valence-corrected chi connectivity index (χ3v) is 6.36. The quantitative estimate of drug-likeness (QED) is 0.844. The molecule has 20 heavy (non-hydrogen) atoms. The molecule has 0 aromatic heterocycles. The van der Waals surface area contributed by atoms with Crippen LogP contribution < -0.4 is 5.32 Å². The van der Waals surface area contributed by atoms with Gasteiger partial charge >= 0.3 is 0 Å². The van der Waals surface area contributed by atoms with Gasteiger partial charge in [-0.05, 0) is 44.4 Å². The van der Waals surface area contributed by atoms with Crippen molar-refractivity contribution in [1.29, 1.82) is 0 Å². The number of rotatable bonds is 3. The molecule has 2 aliphatic carbocycles. The molecule has 1 N–H and O–H groups in total. The van der Waals surface area contributed by atoms with E-state index in [1.807, 2.05) is 0 Å². The van der Waals surface area contributed by atoms with Crippen LogP contribution in [-0.2, 0) is 0 Å². The molecule has 2 nitrogen and oxygen atoms in total. The van der Waals surface area contributed by atoms with Crippen LogP contribution in [0.1, 0.15) is 71.1 Å². The number of hydrogen-bond acceptors (Lipinski definition) is 2. The summed E-state index contributed by atoms with van der Waals surface area (Å²) in [4.78, 5) is 2.83. The Labute approximate surface area is 125 Å². The van der Waals surface area contributed by atoms with Gasteiger partial charge in [0.2, 0.25) is 0 Å². The van der Waals surface area contributed by atoms with E-state index in [4.69, 9.17) is 0 Å². The van der Waals surface area contributed by atoms with E-state index in [9.17, 15) is 0 Å². The fraction of sp³-hybridized carbons (Fsp3) is 1.00. The first kappa shape index (κ1) is 14.8. The van der Waals surface area contributed by atoms with Crippen LogP contribution in [0, 0.1) is 11.8 Å². The van der Waals surface area contributed by atoms with E-state index < -0.39 is 0 Å². The van der Waals surface area contributed by atoms with Crippen LogP contribution in [0.2, 0.25) is 0 Å². The van der Waals surface area contributed by atoms with Gasteiger partial charge in [-0.15, -0.1) is 0 Å². The Balaban J connectivity index is 1.53. The molecule has 2 saturated carbocycles. The van der Waals surface area contributed by atoms with Crippen LogP contribution in [0.5, 0.6) is 0 Å². The van der Waals surface area contributed by atoms with E-state index in [1.54, 1.807) is 0 Å². The Bertz CT molecular complexity index is 263. The van der Waals surface area contributed by atoms with Gasteiger partial charge in [0.25, 0.3) is 0 Å². The lowest BCUT2D eigenvalue weighted by Crippen LogP contribution is -2.57. The molecule has 0 amide bonds. The summed E-state index contributed by atoms with van der Waals surface area (Å²) in [6.07, 6.45) is 14.8. The first-order valence-electron chi connectivity index (χ1n) is 9.32. The molecule has 2 heteroatoms. The van der Waals surface area contributed by atoms with Gasteiger partial charge < -0.3 is 5.32 Å². The SMILES string of the molecule is CC(C1CCCCC1)N1CCNC(C2CCCCC2)C1. The first-order chi connectivity index (χ1) is 9.84. The molecule has 0 aromatic carbocycles. The molecular weight excluding hydrogens is 244 g/mol. The van der Waals surface area contributed by atoms with Crippen molar-refractivity contribution in [3.63, 3.8) is 0 Å². The number of piperazine rings is 1. The Morgan fingerprint density at radius 3 is 2.25 bits per heavy atom. The van der Waals surface area contributed by atoms with E-state index in [0.29, 0.717) is 0 Å². The topological polar surface area (TPSA) is 15.3 Å². The van der Waals surface area contributed by atoms with Gasteiger partial charge in [-0.2, -0.15) is 0 Å². The summed E-state index contributed by atoms with van der Waals surface area (Å²) >= 11 is 0. The zero-order valence-electron chi connectivity index (χ0n) is 13.4. The predicted octanol–water partition coefficient (Wildman–Crippen LogP) is 3.81. The van der Waals surface area contributed by atoms with E-state index in [-0.39, 0.29) is 0 Å². The molecule has 3 rings (SSSR count). The number of hydrogen-bond donors (Lipinski definition) is 1. The van der Waals surface area contributed by atoms with E-state index in [1.165, 1.54) is 83.8 Å². The van der Waals surface area contributed by atoms with E-state index in [0.717, 1.165) is 23.9 Å². The second kappa shape index (κ2) is 7.26. The normalized spacial score (nSPS) is 33.1. The maximum atomic E-state index is 3.83. The van der Waals surface area contributed by atoms with Gasteiger partial charge in [-0.25, -0.2) is 0 Å². The Hall–Kier alpha value is -0.0800. The maximum absolute atomic E-state index is 3.83. The van der Waals surface area contributed by atoms with Crippen molar-refractivity contribution in [2.45, 2.75) is 83.2 Å². The Morgan fingerprint density at radius 1 is 0.900 bits per heavy atom. The van der Waals surface area contributed by atoms with Crippen LogP contribution in [0.25, 0.3) is 0 Å². The van der Waals surface area contributed by atoms with Crippen LogP contribution >= 0.6 is 0 Å². The average molecular weight is 278 g/mol. The maximum Gasteiger partial charge on any atom is 0.0223 e. The molecule has 2 unspecified atom stereocenters. The molecule has 1 heterocycles. The minimum Gasteiger partial charge on any atom is -0.311 e. The molecule has 3 fully saturated rings. The molecule has 2 atom stereocenters. The van der Waals surface area contributed by atoms with Gasteiger partial charge in [0.05, 0.1) is 0 Å². The lowest BCUT2D eigenvalue weighted by molar-refractivity contribution is 0.0755. The molecule has 0 bridgehead atoms. The highest BCUT2D eigenvalue weighted by atomic mass is 15.2. The molecule has 0 aromatic rings. The second-order valence-electron chi connectivity index (χ2n) is 7.59. The summed E-state index contributed by atoms with van der Waals surface area (Å²) in [5.41, 5.74) is 0. The minimum atomic E-state index is 0.787. The summed E-state index contributed by atoms with van der Waals surface area (Å²) in [6.45, 7) is 6.33. The van der Waals surface area contributed by atoms with Crippen molar-refractivity contribution in [3.05, 3.63) is 0 Å². The summed E-state index contributed by atoms with van der Waals surface area (Å²) in [5.74, 6) is 1.94. The lowest BCUT2D eigenvalue weighted by Gasteiger charge is -2.44. The van der Waals surface area contributed by atoms with Gasteiger partial charge in [0, 0.05) is 31.7 Å². The third-order valence-electron chi connectivity index (χ3n) is 6.36. The van der Waals surface area contributed by atoms with Gasteiger partial charge in [0.1, 0.15) is 0 Å². The predicted molar refractivity (Wildman–Crippen MR) is 86.0 cm³/mol. The van der Waals surface area contributed by atoms with Crippen LogP contribution in [0.3, 0.4) is 0 Å². The standard InChI is InChI=1S/C18H34N2/c1-15(16-8-4-2-5-9-16)20-13-12-19-18(14-20)17-10-6-3-7-11-17/h15-19H,2-14H2,1H3. The highest BCUT2D eigenvalue weighted by molar-refractivity contribution is 4.89. The van der Waals surface area contributed by atoms with Crippen molar-refractivity contribution in [2.75, 3.05) is 19.6 Å². The molecular formula is C18H34N2. The van der Waals surface area contributed by atoms with Gasteiger partial charge in [-0.3, -0.25) is 4.90 Å². The van der Waals surface area contributed by atoms with Crippen molar-refractivity contribution >= 4 is 0 Å². The summed E-state index contributed by atoms with van der Waals surface area (Å²) < 4.78 is 0. The molecule has 0 radical (unpaired) electrons. The first-order valence-corrected chi connectivity index (χ1v) is 9.32. The van der Waals surface area contributed by atoms with Crippen LogP contribution in [0.4, 0.5) is 0 Å².